The fourth-order valence-electron chi connectivity index (χ4n) is 2.20. The number of nitrogens with zero attached hydrogens (tertiary/aromatic N) is 1. The molecule has 1 heterocycles. The molecule has 1 aromatic rings. The molecule has 0 atom stereocenters. The molecule has 0 radical (unpaired) electrons. The highest BCUT2D eigenvalue weighted by Gasteiger charge is 2.33. The van der Waals surface area contributed by atoms with E-state index in [9.17, 15) is 9.59 Å². The van der Waals surface area contributed by atoms with Crippen LogP contribution in [-0.4, -0.2) is 24.1 Å². The summed E-state index contributed by atoms with van der Waals surface area (Å²) in [4.78, 5) is 24.5. The molecule has 2 rings (SSSR count). The van der Waals surface area contributed by atoms with Crippen molar-refractivity contribution in [3.8, 4) is 5.75 Å². The standard InChI is InChI=1S/C14H15NO4/c1-8-4-5-12(19-3)11(6-8)15-9(2)10(14(17)18)7-13(15)16/h4-6H,7H2,1-3H3,(H,17,18). The summed E-state index contributed by atoms with van der Waals surface area (Å²) in [5.74, 6) is -0.760. The highest BCUT2D eigenvalue weighted by molar-refractivity contribution is 6.09. The number of rotatable bonds is 3. The van der Waals surface area contributed by atoms with Gasteiger partial charge in [0.2, 0.25) is 5.91 Å². The SMILES string of the molecule is COc1ccc(C)cc1N1C(=O)CC(C(=O)O)=C1C. The van der Waals surface area contributed by atoms with E-state index in [1.165, 1.54) is 12.0 Å². The van der Waals surface area contributed by atoms with Crippen LogP contribution in [0.3, 0.4) is 0 Å². The van der Waals surface area contributed by atoms with Gasteiger partial charge >= 0.3 is 5.97 Å². The number of hydrogen-bond donors (Lipinski definition) is 1. The van der Waals surface area contributed by atoms with E-state index in [-0.39, 0.29) is 17.9 Å². The molecule has 0 saturated heterocycles. The van der Waals surface area contributed by atoms with E-state index in [0.29, 0.717) is 17.1 Å². The first-order valence-corrected chi connectivity index (χ1v) is 5.86. The monoisotopic (exact) mass is 261 g/mol. The maximum Gasteiger partial charge on any atom is 0.333 e. The van der Waals surface area contributed by atoms with E-state index in [1.54, 1.807) is 13.0 Å². The lowest BCUT2D eigenvalue weighted by atomic mass is 10.2. The molecule has 5 nitrogen and oxygen atoms in total. The Balaban J connectivity index is 2.55. The number of methoxy groups -OCH3 is 1. The molecule has 0 aliphatic carbocycles. The molecule has 0 unspecified atom stereocenters. The minimum atomic E-state index is -1.06. The van der Waals surface area contributed by atoms with Crippen LogP contribution in [0, 0.1) is 6.92 Å². The van der Waals surface area contributed by atoms with Crippen LogP contribution in [0.25, 0.3) is 0 Å². The van der Waals surface area contributed by atoms with Crippen LogP contribution < -0.4 is 9.64 Å². The number of carbonyl (C=O) groups is 2. The number of ether oxygens (including phenoxy) is 1. The number of aliphatic carboxylic acids is 1. The Morgan fingerprint density at radius 3 is 2.58 bits per heavy atom. The zero-order valence-corrected chi connectivity index (χ0v) is 11.1. The third kappa shape index (κ3) is 2.19. The lowest BCUT2D eigenvalue weighted by Gasteiger charge is -2.21. The second-order valence-corrected chi connectivity index (χ2v) is 4.45. The molecule has 1 aliphatic heterocycles. The lowest BCUT2D eigenvalue weighted by Crippen LogP contribution is -2.24. The Morgan fingerprint density at radius 2 is 2.05 bits per heavy atom. The fourth-order valence-corrected chi connectivity index (χ4v) is 2.20. The van der Waals surface area contributed by atoms with Crippen LogP contribution in [0.4, 0.5) is 5.69 Å². The molecule has 100 valence electrons. The van der Waals surface area contributed by atoms with Crippen molar-refractivity contribution < 1.29 is 19.4 Å². The van der Waals surface area contributed by atoms with Gasteiger partial charge in [-0.25, -0.2) is 4.79 Å². The molecule has 1 aliphatic rings. The molecule has 0 aromatic heterocycles. The van der Waals surface area contributed by atoms with E-state index < -0.39 is 5.97 Å². The first kappa shape index (κ1) is 13.1. The van der Waals surface area contributed by atoms with Crippen LogP contribution >= 0.6 is 0 Å². The van der Waals surface area contributed by atoms with Gasteiger partial charge in [0.15, 0.2) is 0 Å². The van der Waals surface area contributed by atoms with Crippen molar-refractivity contribution >= 4 is 17.6 Å². The number of aryl methyl sites for hydroxylation is 1. The Kier molecular flexibility index (Phi) is 3.29. The molecule has 0 saturated carbocycles. The largest absolute Gasteiger partial charge is 0.495 e. The van der Waals surface area contributed by atoms with Gasteiger partial charge in [0.05, 0.1) is 24.8 Å². The van der Waals surface area contributed by atoms with Gasteiger partial charge in [0, 0.05) is 5.70 Å². The number of hydrogen-bond acceptors (Lipinski definition) is 3. The van der Waals surface area contributed by atoms with Gasteiger partial charge in [-0.3, -0.25) is 9.69 Å². The summed E-state index contributed by atoms with van der Waals surface area (Å²) >= 11 is 0. The van der Waals surface area contributed by atoms with Crippen molar-refractivity contribution in [1.82, 2.24) is 0 Å². The topological polar surface area (TPSA) is 66.8 Å². The number of carboxylic acid groups (broad SMARTS) is 1. The number of benzene rings is 1. The van der Waals surface area contributed by atoms with Gasteiger partial charge in [-0.2, -0.15) is 0 Å². The van der Waals surface area contributed by atoms with E-state index in [0.717, 1.165) is 5.56 Å². The van der Waals surface area contributed by atoms with Crippen molar-refractivity contribution in [2.24, 2.45) is 0 Å². The van der Waals surface area contributed by atoms with Gasteiger partial charge in [0.1, 0.15) is 5.75 Å². The first-order chi connectivity index (χ1) is 8.95. The Labute approximate surface area is 111 Å². The van der Waals surface area contributed by atoms with Crippen molar-refractivity contribution in [2.45, 2.75) is 20.3 Å². The molecule has 0 bridgehead atoms. The summed E-state index contributed by atoms with van der Waals surface area (Å²) in [6.07, 6.45) is -0.0851. The van der Waals surface area contributed by atoms with Crippen LogP contribution in [0.15, 0.2) is 29.5 Å². The van der Waals surface area contributed by atoms with Gasteiger partial charge in [0.25, 0.3) is 0 Å². The zero-order chi connectivity index (χ0) is 14.2. The molecule has 0 fully saturated rings. The van der Waals surface area contributed by atoms with Crippen molar-refractivity contribution in [1.29, 1.82) is 0 Å². The number of carboxylic acids is 1. The quantitative estimate of drug-likeness (QED) is 0.904. The molecular weight excluding hydrogens is 246 g/mol. The fraction of sp³-hybridized carbons (Fsp3) is 0.286. The van der Waals surface area contributed by atoms with Crippen molar-refractivity contribution in [2.75, 3.05) is 12.0 Å². The molecule has 1 N–H and O–H groups in total. The van der Waals surface area contributed by atoms with Gasteiger partial charge in [-0.15, -0.1) is 0 Å². The smallest absolute Gasteiger partial charge is 0.333 e. The second-order valence-electron chi connectivity index (χ2n) is 4.45. The van der Waals surface area contributed by atoms with Crippen molar-refractivity contribution in [3.63, 3.8) is 0 Å². The maximum atomic E-state index is 12.0. The Hall–Kier alpha value is -2.30. The van der Waals surface area contributed by atoms with E-state index in [2.05, 4.69) is 0 Å². The third-order valence-corrected chi connectivity index (χ3v) is 3.18. The molecule has 0 spiro atoms. The maximum absolute atomic E-state index is 12.0. The summed E-state index contributed by atoms with van der Waals surface area (Å²) in [6.45, 7) is 3.54. The normalized spacial score (nSPS) is 15.1. The Morgan fingerprint density at radius 1 is 1.37 bits per heavy atom. The van der Waals surface area contributed by atoms with Crippen LogP contribution in [0.1, 0.15) is 18.9 Å². The van der Waals surface area contributed by atoms with E-state index >= 15 is 0 Å². The second kappa shape index (κ2) is 4.76. The average Bonchev–Trinajstić information content (AvgIpc) is 2.65. The molecular formula is C14H15NO4. The van der Waals surface area contributed by atoms with Crippen molar-refractivity contribution in [3.05, 3.63) is 35.0 Å². The minimum Gasteiger partial charge on any atom is -0.495 e. The van der Waals surface area contributed by atoms with Crippen LogP contribution in [0.2, 0.25) is 0 Å². The summed E-state index contributed by atoms with van der Waals surface area (Å²) in [5.41, 5.74) is 2.14. The summed E-state index contributed by atoms with van der Waals surface area (Å²) in [5, 5.41) is 9.08. The number of amides is 1. The number of allylic oxidation sites excluding steroid dienone is 1. The summed E-state index contributed by atoms with van der Waals surface area (Å²) in [7, 11) is 1.52. The average molecular weight is 261 g/mol. The predicted octanol–water partition coefficient (Wildman–Crippen LogP) is 2.10. The molecule has 1 aromatic carbocycles. The van der Waals surface area contributed by atoms with Crippen LogP contribution in [-0.2, 0) is 9.59 Å². The highest BCUT2D eigenvalue weighted by Crippen LogP contribution is 2.36. The number of carbonyl (C=O) groups excluding carboxylic acids is 1. The first-order valence-electron chi connectivity index (χ1n) is 5.86. The lowest BCUT2D eigenvalue weighted by molar-refractivity contribution is -0.133. The van der Waals surface area contributed by atoms with E-state index in [1.807, 2.05) is 19.1 Å². The van der Waals surface area contributed by atoms with E-state index in [4.69, 9.17) is 9.84 Å². The zero-order valence-electron chi connectivity index (χ0n) is 11.1. The van der Waals surface area contributed by atoms with Gasteiger partial charge in [-0.05, 0) is 31.5 Å². The summed E-state index contributed by atoms with van der Waals surface area (Å²) in [6, 6.07) is 5.45. The number of anilines is 1. The molecule has 1 amide bonds. The highest BCUT2D eigenvalue weighted by atomic mass is 16.5. The molecule has 19 heavy (non-hydrogen) atoms. The van der Waals surface area contributed by atoms with Gasteiger partial charge in [-0.1, -0.05) is 6.07 Å². The minimum absolute atomic E-state index is 0.0851. The third-order valence-electron chi connectivity index (χ3n) is 3.18. The molecule has 5 heteroatoms. The summed E-state index contributed by atoms with van der Waals surface area (Å²) < 4.78 is 5.24. The predicted molar refractivity (Wildman–Crippen MR) is 70.2 cm³/mol. The van der Waals surface area contributed by atoms with Gasteiger partial charge < -0.3 is 9.84 Å². The Bertz CT molecular complexity index is 589. The van der Waals surface area contributed by atoms with Crippen LogP contribution in [0.5, 0.6) is 5.75 Å².